The molecule has 1 aromatic rings. The van der Waals surface area contributed by atoms with Crippen molar-refractivity contribution in [2.45, 2.75) is 31.7 Å². The Balaban J connectivity index is 1.90. The number of nitrogens with two attached hydrogens (primary N) is 1. The normalized spacial score (nSPS) is 21.6. The molecule has 2 rings (SSSR count). The zero-order valence-electron chi connectivity index (χ0n) is 10.2. The van der Waals surface area contributed by atoms with Crippen molar-refractivity contribution in [2.75, 3.05) is 19.6 Å². The van der Waals surface area contributed by atoms with E-state index in [-0.39, 0.29) is 5.82 Å². The minimum Gasteiger partial charge on any atom is -0.329 e. The van der Waals surface area contributed by atoms with Gasteiger partial charge < -0.3 is 5.73 Å². The van der Waals surface area contributed by atoms with Gasteiger partial charge in [0, 0.05) is 19.1 Å². The minimum absolute atomic E-state index is 0.0891. The highest BCUT2D eigenvalue weighted by molar-refractivity contribution is 5.17. The monoisotopic (exact) mass is 236 g/mol. The van der Waals surface area contributed by atoms with E-state index in [1.165, 1.54) is 25.3 Å². The topological polar surface area (TPSA) is 29.3 Å². The number of hydrogen-bond acceptors (Lipinski definition) is 2. The first-order chi connectivity index (χ1) is 8.31. The van der Waals surface area contributed by atoms with Gasteiger partial charge in [-0.25, -0.2) is 4.39 Å². The Labute approximate surface area is 103 Å². The number of likely N-dealkylation sites (tertiary alicyclic amines) is 1. The first-order valence-corrected chi connectivity index (χ1v) is 6.49. The summed E-state index contributed by atoms with van der Waals surface area (Å²) in [5.74, 6) is -0.0891. The Hall–Kier alpha value is -0.930. The lowest BCUT2D eigenvalue weighted by Gasteiger charge is -2.35. The highest BCUT2D eigenvalue weighted by Crippen LogP contribution is 2.17. The summed E-state index contributed by atoms with van der Waals surface area (Å²) < 4.78 is 13.5. The fourth-order valence-corrected chi connectivity index (χ4v) is 2.59. The zero-order valence-corrected chi connectivity index (χ0v) is 10.2. The maximum absolute atomic E-state index is 13.5. The molecule has 0 amide bonds. The lowest BCUT2D eigenvalue weighted by atomic mass is 10.0. The Bertz CT molecular complexity index is 354. The molecule has 1 fully saturated rings. The molecule has 3 heteroatoms. The molecule has 1 aromatic carbocycles. The highest BCUT2D eigenvalue weighted by Gasteiger charge is 2.20. The molecule has 1 aliphatic heterocycles. The summed E-state index contributed by atoms with van der Waals surface area (Å²) in [5, 5.41) is 0. The molecule has 1 aliphatic rings. The van der Waals surface area contributed by atoms with E-state index in [1.807, 2.05) is 12.1 Å². The number of rotatable bonds is 4. The van der Waals surface area contributed by atoms with Crippen LogP contribution in [0.15, 0.2) is 24.3 Å². The third kappa shape index (κ3) is 3.27. The van der Waals surface area contributed by atoms with Gasteiger partial charge in [-0.05, 0) is 37.4 Å². The molecule has 2 N–H and O–H groups in total. The van der Waals surface area contributed by atoms with E-state index in [4.69, 9.17) is 5.73 Å². The number of halogens is 1. The van der Waals surface area contributed by atoms with Crippen LogP contribution in [0.25, 0.3) is 0 Å². The predicted molar refractivity (Wildman–Crippen MR) is 68.4 cm³/mol. The predicted octanol–water partition coefficient (Wildman–Crippen LogP) is 2.18. The van der Waals surface area contributed by atoms with Crippen LogP contribution in [0.4, 0.5) is 4.39 Å². The van der Waals surface area contributed by atoms with Crippen molar-refractivity contribution in [1.82, 2.24) is 4.90 Å². The second kappa shape index (κ2) is 6.12. The summed E-state index contributed by atoms with van der Waals surface area (Å²) in [7, 11) is 0. The number of benzene rings is 1. The lowest BCUT2D eigenvalue weighted by molar-refractivity contribution is 0.154. The van der Waals surface area contributed by atoms with Crippen molar-refractivity contribution in [2.24, 2.45) is 5.73 Å². The summed E-state index contributed by atoms with van der Waals surface area (Å²) in [6.07, 6.45) is 4.49. The van der Waals surface area contributed by atoms with Crippen molar-refractivity contribution in [3.63, 3.8) is 0 Å². The van der Waals surface area contributed by atoms with E-state index < -0.39 is 0 Å². The number of nitrogens with zero attached hydrogens (tertiary/aromatic N) is 1. The molecule has 1 saturated heterocycles. The van der Waals surface area contributed by atoms with Crippen LogP contribution >= 0.6 is 0 Å². The smallest absolute Gasteiger partial charge is 0.126 e. The Morgan fingerprint density at radius 2 is 2.12 bits per heavy atom. The van der Waals surface area contributed by atoms with E-state index in [9.17, 15) is 4.39 Å². The van der Waals surface area contributed by atoms with E-state index in [2.05, 4.69) is 4.90 Å². The van der Waals surface area contributed by atoms with Gasteiger partial charge in [-0.2, -0.15) is 0 Å². The van der Waals surface area contributed by atoms with Crippen LogP contribution in [0.2, 0.25) is 0 Å². The van der Waals surface area contributed by atoms with Crippen molar-refractivity contribution >= 4 is 0 Å². The first kappa shape index (κ1) is 12.5. The fourth-order valence-electron chi connectivity index (χ4n) is 2.59. The van der Waals surface area contributed by atoms with Gasteiger partial charge in [0.25, 0.3) is 0 Å². The number of hydrogen-bond donors (Lipinski definition) is 1. The average molecular weight is 236 g/mol. The fraction of sp³-hybridized carbons (Fsp3) is 0.571. The third-order valence-electron chi connectivity index (χ3n) is 3.65. The van der Waals surface area contributed by atoms with E-state index in [0.717, 1.165) is 31.6 Å². The van der Waals surface area contributed by atoms with Gasteiger partial charge in [-0.15, -0.1) is 0 Å². The molecule has 94 valence electrons. The molecule has 0 saturated carbocycles. The average Bonchev–Trinajstić information content (AvgIpc) is 2.38. The summed E-state index contributed by atoms with van der Waals surface area (Å²) in [6, 6.07) is 7.54. The Morgan fingerprint density at radius 1 is 1.29 bits per heavy atom. The van der Waals surface area contributed by atoms with Gasteiger partial charge in [0.1, 0.15) is 5.82 Å². The van der Waals surface area contributed by atoms with Crippen LogP contribution in [0.5, 0.6) is 0 Å². The van der Waals surface area contributed by atoms with E-state index >= 15 is 0 Å². The first-order valence-electron chi connectivity index (χ1n) is 6.49. The molecular formula is C14H21FN2. The summed E-state index contributed by atoms with van der Waals surface area (Å²) in [4.78, 5) is 2.41. The quantitative estimate of drug-likeness (QED) is 0.868. The molecule has 2 nitrogen and oxygen atoms in total. The Morgan fingerprint density at radius 3 is 2.88 bits per heavy atom. The molecule has 0 radical (unpaired) electrons. The van der Waals surface area contributed by atoms with Gasteiger partial charge in [0.2, 0.25) is 0 Å². The van der Waals surface area contributed by atoms with Gasteiger partial charge in [-0.3, -0.25) is 4.90 Å². The van der Waals surface area contributed by atoms with Crippen molar-refractivity contribution in [3.8, 4) is 0 Å². The van der Waals surface area contributed by atoms with Crippen LogP contribution in [0.3, 0.4) is 0 Å². The molecule has 0 spiro atoms. The van der Waals surface area contributed by atoms with Crippen LogP contribution < -0.4 is 5.73 Å². The summed E-state index contributed by atoms with van der Waals surface area (Å²) in [5.41, 5.74) is 6.59. The summed E-state index contributed by atoms with van der Waals surface area (Å²) >= 11 is 0. The molecule has 0 bridgehead atoms. The minimum atomic E-state index is -0.0891. The van der Waals surface area contributed by atoms with Gasteiger partial charge in [-0.1, -0.05) is 24.6 Å². The molecule has 0 aromatic heterocycles. The molecule has 17 heavy (non-hydrogen) atoms. The van der Waals surface area contributed by atoms with Crippen molar-refractivity contribution in [1.29, 1.82) is 0 Å². The van der Waals surface area contributed by atoms with Crippen LogP contribution in [-0.2, 0) is 6.42 Å². The van der Waals surface area contributed by atoms with Gasteiger partial charge in [0.15, 0.2) is 0 Å². The third-order valence-corrected chi connectivity index (χ3v) is 3.65. The standard InChI is InChI=1S/C14H21FN2/c15-14-7-2-1-5-12(14)8-10-17-9-4-3-6-13(17)11-16/h1-2,5,7,13H,3-4,6,8-11,16H2/t13-/m0/s1. The van der Waals surface area contributed by atoms with E-state index in [1.54, 1.807) is 6.07 Å². The maximum Gasteiger partial charge on any atom is 0.126 e. The second-order valence-corrected chi connectivity index (χ2v) is 4.76. The maximum atomic E-state index is 13.5. The lowest BCUT2D eigenvalue weighted by Crippen LogP contribution is -2.44. The van der Waals surface area contributed by atoms with Crippen LogP contribution in [-0.4, -0.2) is 30.6 Å². The molecule has 0 unspecified atom stereocenters. The Kier molecular flexibility index (Phi) is 4.51. The van der Waals surface area contributed by atoms with Crippen LogP contribution in [0.1, 0.15) is 24.8 Å². The van der Waals surface area contributed by atoms with Crippen molar-refractivity contribution < 1.29 is 4.39 Å². The largest absolute Gasteiger partial charge is 0.329 e. The molecular weight excluding hydrogens is 215 g/mol. The van der Waals surface area contributed by atoms with Gasteiger partial charge in [0.05, 0.1) is 0 Å². The molecule has 1 heterocycles. The van der Waals surface area contributed by atoms with Crippen LogP contribution in [0, 0.1) is 5.82 Å². The second-order valence-electron chi connectivity index (χ2n) is 4.76. The zero-order chi connectivity index (χ0) is 12.1. The van der Waals surface area contributed by atoms with Gasteiger partial charge >= 0.3 is 0 Å². The summed E-state index contributed by atoms with van der Waals surface area (Å²) in [6.45, 7) is 2.75. The highest BCUT2D eigenvalue weighted by atomic mass is 19.1. The number of piperidine rings is 1. The van der Waals surface area contributed by atoms with Crippen molar-refractivity contribution in [3.05, 3.63) is 35.6 Å². The van der Waals surface area contributed by atoms with E-state index in [0.29, 0.717) is 6.04 Å². The molecule has 1 atom stereocenters. The molecule has 0 aliphatic carbocycles. The SMILES string of the molecule is NC[C@@H]1CCCCN1CCc1ccccc1F.